The first kappa shape index (κ1) is 8.60. The Morgan fingerprint density at radius 3 is 2.69 bits per heavy atom. The van der Waals surface area contributed by atoms with Gasteiger partial charge >= 0.3 is 0 Å². The molecule has 1 aromatic heterocycles. The van der Waals surface area contributed by atoms with Crippen LogP contribution < -0.4 is 0 Å². The molecule has 2 nitrogen and oxygen atoms in total. The summed E-state index contributed by atoms with van der Waals surface area (Å²) in [4.78, 5) is 3.89. The third-order valence-electron chi connectivity index (χ3n) is 1.77. The van der Waals surface area contributed by atoms with Crippen molar-refractivity contribution in [1.29, 1.82) is 0 Å². The Balaban J connectivity index is 2.92. The van der Waals surface area contributed by atoms with E-state index in [0.717, 1.165) is 5.39 Å². The summed E-state index contributed by atoms with van der Waals surface area (Å²) in [5.41, 5.74) is 0. The number of phenols is 1. The number of pyridine rings is 1. The second-order valence-electron chi connectivity index (χ2n) is 2.63. The molecule has 66 valence electrons. The minimum absolute atomic E-state index is 0.164. The van der Waals surface area contributed by atoms with Gasteiger partial charge in [-0.15, -0.1) is 0 Å². The van der Waals surface area contributed by atoms with Crippen molar-refractivity contribution in [2.45, 2.75) is 0 Å². The SMILES string of the molecule is Oc1ccc2c(Cl)ncc(Cl)c2c1. The molecule has 13 heavy (non-hydrogen) atoms. The monoisotopic (exact) mass is 213 g/mol. The Labute approximate surface area is 84.7 Å². The Hall–Kier alpha value is -0.990. The number of nitrogens with zero attached hydrogens (tertiary/aromatic N) is 1. The van der Waals surface area contributed by atoms with Crippen LogP contribution in [-0.2, 0) is 0 Å². The first-order valence-corrected chi connectivity index (χ1v) is 4.37. The van der Waals surface area contributed by atoms with Gasteiger partial charge in [0.05, 0.1) is 5.02 Å². The van der Waals surface area contributed by atoms with Gasteiger partial charge in [-0.05, 0) is 18.2 Å². The molecular formula is C9H5Cl2NO. The zero-order chi connectivity index (χ0) is 9.42. The largest absolute Gasteiger partial charge is 0.508 e. The lowest BCUT2D eigenvalue weighted by atomic mass is 10.2. The number of aromatic nitrogens is 1. The number of benzene rings is 1. The second-order valence-corrected chi connectivity index (χ2v) is 3.39. The highest BCUT2D eigenvalue weighted by Crippen LogP contribution is 2.29. The van der Waals surface area contributed by atoms with Gasteiger partial charge in [-0.25, -0.2) is 4.98 Å². The summed E-state index contributed by atoms with van der Waals surface area (Å²) in [6, 6.07) is 4.79. The van der Waals surface area contributed by atoms with Crippen LogP contribution in [0, 0.1) is 0 Å². The van der Waals surface area contributed by atoms with Crippen molar-refractivity contribution in [1.82, 2.24) is 4.98 Å². The average molecular weight is 214 g/mol. The molecule has 0 aliphatic rings. The van der Waals surface area contributed by atoms with Crippen molar-refractivity contribution in [2.24, 2.45) is 0 Å². The molecule has 0 saturated carbocycles. The number of hydrogen-bond acceptors (Lipinski definition) is 2. The number of phenolic OH excluding ortho intramolecular Hbond substituents is 1. The van der Waals surface area contributed by atoms with Gasteiger partial charge in [-0.3, -0.25) is 0 Å². The fourth-order valence-corrected chi connectivity index (χ4v) is 1.58. The minimum atomic E-state index is 0.164. The zero-order valence-electron chi connectivity index (χ0n) is 6.46. The Morgan fingerprint density at radius 2 is 1.92 bits per heavy atom. The van der Waals surface area contributed by atoms with Crippen molar-refractivity contribution in [3.8, 4) is 5.75 Å². The molecular weight excluding hydrogens is 209 g/mol. The van der Waals surface area contributed by atoms with E-state index >= 15 is 0 Å². The normalized spacial score (nSPS) is 10.6. The molecule has 0 saturated heterocycles. The number of rotatable bonds is 0. The lowest BCUT2D eigenvalue weighted by Gasteiger charge is -2.01. The smallest absolute Gasteiger partial charge is 0.136 e. The maximum Gasteiger partial charge on any atom is 0.136 e. The molecule has 1 aromatic carbocycles. The van der Waals surface area contributed by atoms with E-state index in [9.17, 15) is 5.11 Å². The molecule has 0 bridgehead atoms. The number of hydrogen-bond donors (Lipinski definition) is 1. The van der Waals surface area contributed by atoms with Crippen LogP contribution in [0.5, 0.6) is 5.75 Å². The van der Waals surface area contributed by atoms with E-state index in [0.29, 0.717) is 15.6 Å². The van der Waals surface area contributed by atoms with E-state index in [1.165, 1.54) is 6.20 Å². The molecule has 2 rings (SSSR count). The molecule has 0 aliphatic carbocycles. The number of fused-ring (bicyclic) bond motifs is 1. The molecule has 0 atom stereocenters. The van der Waals surface area contributed by atoms with Gasteiger partial charge in [0.15, 0.2) is 0 Å². The Bertz CT molecular complexity index is 470. The van der Waals surface area contributed by atoms with Crippen LogP contribution in [-0.4, -0.2) is 10.1 Å². The molecule has 0 radical (unpaired) electrons. The van der Waals surface area contributed by atoms with Crippen LogP contribution in [0.3, 0.4) is 0 Å². The molecule has 0 aliphatic heterocycles. The second kappa shape index (κ2) is 3.05. The quantitative estimate of drug-likeness (QED) is 0.682. The van der Waals surface area contributed by atoms with Gasteiger partial charge in [0, 0.05) is 17.0 Å². The maximum absolute atomic E-state index is 9.22. The van der Waals surface area contributed by atoms with Gasteiger partial charge in [-0.2, -0.15) is 0 Å². The van der Waals surface area contributed by atoms with E-state index in [4.69, 9.17) is 23.2 Å². The summed E-state index contributed by atoms with van der Waals surface area (Å²) in [7, 11) is 0. The third-order valence-corrected chi connectivity index (χ3v) is 2.38. The summed E-state index contributed by atoms with van der Waals surface area (Å²) < 4.78 is 0. The van der Waals surface area contributed by atoms with Crippen molar-refractivity contribution in [3.05, 3.63) is 34.6 Å². The minimum Gasteiger partial charge on any atom is -0.508 e. The predicted molar refractivity (Wildman–Crippen MR) is 53.4 cm³/mol. The Kier molecular flexibility index (Phi) is 2.02. The van der Waals surface area contributed by atoms with Gasteiger partial charge in [0.1, 0.15) is 10.9 Å². The standard InChI is InChI=1S/C9H5Cl2NO/c10-8-4-12-9(11)6-2-1-5(13)3-7(6)8/h1-4,13H. The fourth-order valence-electron chi connectivity index (χ4n) is 1.16. The summed E-state index contributed by atoms with van der Waals surface area (Å²) in [6.07, 6.45) is 1.46. The van der Waals surface area contributed by atoms with Crippen LogP contribution in [0.25, 0.3) is 10.8 Å². The fraction of sp³-hybridized carbons (Fsp3) is 0. The van der Waals surface area contributed by atoms with Gasteiger partial charge in [-0.1, -0.05) is 23.2 Å². The number of halogens is 2. The summed E-state index contributed by atoms with van der Waals surface area (Å²) in [5, 5.41) is 11.5. The lowest BCUT2D eigenvalue weighted by molar-refractivity contribution is 0.476. The number of aromatic hydroxyl groups is 1. The third kappa shape index (κ3) is 1.43. The van der Waals surface area contributed by atoms with Gasteiger partial charge < -0.3 is 5.11 Å². The molecule has 1 N–H and O–H groups in total. The van der Waals surface area contributed by atoms with Crippen molar-refractivity contribution in [2.75, 3.05) is 0 Å². The van der Waals surface area contributed by atoms with E-state index in [1.807, 2.05) is 0 Å². The topological polar surface area (TPSA) is 33.1 Å². The zero-order valence-corrected chi connectivity index (χ0v) is 7.97. The molecule has 0 unspecified atom stereocenters. The van der Waals surface area contributed by atoms with Crippen molar-refractivity contribution >= 4 is 34.0 Å². The summed E-state index contributed by atoms with van der Waals surface area (Å²) in [5.74, 6) is 0.164. The van der Waals surface area contributed by atoms with Crippen LogP contribution >= 0.6 is 23.2 Å². The first-order chi connectivity index (χ1) is 6.18. The van der Waals surface area contributed by atoms with Gasteiger partial charge in [0.2, 0.25) is 0 Å². The van der Waals surface area contributed by atoms with Crippen molar-refractivity contribution < 1.29 is 5.11 Å². The first-order valence-electron chi connectivity index (χ1n) is 3.61. The summed E-state index contributed by atoms with van der Waals surface area (Å²) in [6.45, 7) is 0. The highest BCUT2D eigenvalue weighted by molar-refractivity contribution is 6.39. The van der Waals surface area contributed by atoms with E-state index in [-0.39, 0.29) is 5.75 Å². The maximum atomic E-state index is 9.22. The molecule has 0 fully saturated rings. The van der Waals surface area contributed by atoms with Crippen molar-refractivity contribution in [3.63, 3.8) is 0 Å². The molecule has 1 heterocycles. The molecule has 4 heteroatoms. The van der Waals surface area contributed by atoms with Crippen LogP contribution in [0.4, 0.5) is 0 Å². The molecule has 0 amide bonds. The van der Waals surface area contributed by atoms with E-state index in [2.05, 4.69) is 4.98 Å². The van der Waals surface area contributed by atoms with E-state index in [1.54, 1.807) is 18.2 Å². The summed E-state index contributed by atoms with van der Waals surface area (Å²) >= 11 is 11.7. The molecule has 2 aromatic rings. The van der Waals surface area contributed by atoms with Crippen LogP contribution in [0.15, 0.2) is 24.4 Å². The Morgan fingerprint density at radius 1 is 1.15 bits per heavy atom. The van der Waals surface area contributed by atoms with E-state index < -0.39 is 0 Å². The van der Waals surface area contributed by atoms with Crippen LogP contribution in [0.2, 0.25) is 10.2 Å². The lowest BCUT2D eigenvalue weighted by Crippen LogP contribution is -1.80. The highest BCUT2D eigenvalue weighted by Gasteiger charge is 2.04. The highest BCUT2D eigenvalue weighted by atomic mass is 35.5. The van der Waals surface area contributed by atoms with Gasteiger partial charge in [0.25, 0.3) is 0 Å². The predicted octanol–water partition coefficient (Wildman–Crippen LogP) is 3.25. The molecule has 0 spiro atoms. The average Bonchev–Trinajstić information content (AvgIpc) is 2.12. The van der Waals surface area contributed by atoms with Crippen LogP contribution in [0.1, 0.15) is 0 Å².